The number of hydrogen-bond donors (Lipinski definition) is 2. The van der Waals surface area contributed by atoms with Gasteiger partial charge in [-0.2, -0.15) is 4.21 Å². The minimum absolute atomic E-state index is 0. The van der Waals surface area contributed by atoms with E-state index in [1.54, 1.807) is 0 Å². The molecule has 0 unspecified atom stereocenters. The van der Waals surface area contributed by atoms with Crippen molar-refractivity contribution in [2.24, 2.45) is 0 Å². The van der Waals surface area contributed by atoms with Crippen LogP contribution >= 0.6 is 0 Å². The molecule has 3 nitrogen and oxygen atoms in total. The van der Waals surface area contributed by atoms with E-state index in [1.807, 2.05) is 0 Å². The largest absolute Gasteiger partial charge is 1.00 e. The molecule has 0 radical (unpaired) electrons. The first-order valence-electron chi connectivity index (χ1n) is 0.532. The second-order valence-corrected chi connectivity index (χ2v) is 0.692. The van der Waals surface area contributed by atoms with Gasteiger partial charge in [0.25, 0.3) is 11.4 Å². The van der Waals surface area contributed by atoms with Gasteiger partial charge in [0, 0.05) is 19.5 Å². The number of rotatable bonds is 0. The molecule has 6 heteroatoms. The Hall–Kier alpha value is 1.69. The molecule has 0 spiro atoms. The summed E-state index contributed by atoms with van der Waals surface area (Å²) in [5, 5.41) is 0. The zero-order valence-electron chi connectivity index (χ0n) is 4.42. The molecule has 0 amide bonds. The Morgan fingerprint density at radius 3 is 1.50 bits per heavy atom. The molecular weight excluding hydrogens is 168 g/mol. The van der Waals surface area contributed by atoms with Gasteiger partial charge in [-0.1, -0.05) is 0 Å². The molecule has 0 atom stereocenters. The van der Waals surface area contributed by atoms with Crippen molar-refractivity contribution in [2.45, 2.75) is 0 Å². The van der Waals surface area contributed by atoms with Crippen LogP contribution in [-0.4, -0.2) is 13.3 Å². The summed E-state index contributed by atoms with van der Waals surface area (Å²) in [5.74, 6) is 0. The van der Waals surface area contributed by atoms with Gasteiger partial charge in [-0.05, 0) is 0 Å². The maximum absolute atomic E-state index is 8.67. The van der Waals surface area contributed by atoms with Gasteiger partial charge in [0.15, 0.2) is 0 Å². The maximum atomic E-state index is 8.67. The normalized spacial score (nSPS) is 5.83. The van der Waals surface area contributed by atoms with Crippen LogP contribution < -0.4 is 29.6 Å². The summed E-state index contributed by atoms with van der Waals surface area (Å²) in [6.07, 6.45) is 0. The maximum Gasteiger partial charge on any atom is 1.00 e. The van der Waals surface area contributed by atoms with Crippen molar-refractivity contribution in [1.82, 2.24) is 0 Å². The third-order valence-electron chi connectivity index (χ3n) is 0. The molecule has 0 rings (SSSR count). The van der Waals surface area contributed by atoms with Crippen LogP contribution in [0, 0.1) is 0 Å². The van der Waals surface area contributed by atoms with Crippen LogP contribution in [-0.2, 0) is 30.8 Å². The van der Waals surface area contributed by atoms with Crippen molar-refractivity contribution in [3.05, 3.63) is 0 Å². The van der Waals surface area contributed by atoms with Gasteiger partial charge in [0.2, 0.25) is 0 Å². The minimum Gasteiger partial charge on any atom is -1.00 e. The Morgan fingerprint density at radius 2 is 1.50 bits per heavy atom. The number of hydrogen-bond acceptors (Lipinski definition) is 1. The van der Waals surface area contributed by atoms with Gasteiger partial charge in [0.05, 0.1) is 0 Å². The molecule has 0 bridgehead atoms. The SMILES string of the molecule is O=S(O)O.[H-].[Na+].[Zn]. The second-order valence-electron chi connectivity index (χ2n) is 0.231. The van der Waals surface area contributed by atoms with E-state index < -0.39 is 11.4 Å². The van der Waals surface area contributed by atoms with E-state index in [9.17, 15) is 0 Å². The van der Waals surface area contributed by atoms with Crippen LogP contribution in [0.25, 0.3) is 0 Å². The molecule has 0 aliphatic rings. The van der Waals surface area contributed by atoms with Crippen LogP contribution in [0.1, 0.15) is 1.43 Å². The molecule has 6 heavy (non-hydrogen) atoms. The van der Waals surface area contributed by atoms with Crippen LogP contribution in [0.4, 0.5) is 0 Å². The Kier molecular flexibility index (Phi) is 25.7. The average Bonchev–Trinajstić information content (AvgIpc) is 0.811. The van der Waals surface area contributed by atoms with Gasteiger partial charge in [-0.15, -0.1) is 0 Å². The van der Waals surface area contributed by atoms with Crippen LogP contribution in [0.2, 0.25) is 0 Å². The molecule has 0 aromatic carbocycles. The summed E-state index contributed by atoms with van der Waals surface area (Å²) in [6, 6.07) is 0. The molecule has 2 N–H and O–H groups in total. The van der Waals surface area contributed by atoms with Gasteiger partial charge in [-0.3, -0.25) is 9.11 Å². The fraction of sp³-hybridized carbons (Fsp3) is 0. The second kappa shape index (κ2) is 9.85. The molecule has 30 valence electrons. The Morgan fingerprint density at radius 1 is 1.50 bits per heavy atom. The third kappa shape index (κ3) is 43.7. The summed E-state index contributed by atoms with van der Waals surface area (Å²) < 4.78 is 22.8. The molecule has 0 aliphatic carbocycles. The molecule has 0 aliphatic heterocycles. The average molecular weight is 171 g/mol. The van der Waals surface area contributed by atoms with E-state index in [2.05, 4.69) is 0 Å². The van der Waals surface area contributed by atoms with Crippen molar-refractivity contribution in [1.29, 1.82) is 0 Å². The van der Waals surface area contributed by atoms with Crippen LogP contribution in [0.15, 0.2) is 0 Å². The molecule has 0 aromatic rings. The van der Waals surface area contributed by atoms with Crippen LogP contribution in [0.3, 0.4) is 0 Å². The van der Waals surface area contributed by atoms with Gasteiger partial charge in [0.1, 0.15) is 0 Å². The molecule has 0 saturated carbocycles. The first kappa shape index (κ1) is 15.6. The molecular formula is H3NaO3SZn. The zero-order valence-corrected chi connectivity index (χ0v) is 9.20. The summed E-state index contributed by atoms with van der Waals surface area (Å²) >= 11 is -2.61. The van der Waals surface area contributed by atoms with E-state index >= 15 is 0 Å². The van der Waals surface area contributed by atoms with Gasteiger partial charge in [-0.25, -0.2) is 0 Å². The van der Waals surface area contributed by atoms with Crippen molar-refractivity contribution in [3.63, 3.8) is 0 Å². The molecule has 0 aromatic heterocycles. The topological polar surface area (TPSA) is 57.5 Å². The predicted octanol–water partition coefficient (Wildman–Crippen LogP) is -3.20. The summed E-state index contributed by atoms with van der Waals surface area (Å²) in [5.41, 5.74) is 0. The fourth-order valence-corrected chi connectivity index (χ4v) is 0. The summed E-state index contributed by atoms with van der Waals surface area (Å²) in [6.45, 7) is 0. The summed E-state index contributed by atoms with van der Waals surface area (Å²) in [4.78, 5) is 0. The first-order chi connectivity index (χ1) is 1.73. The van der Waals surface area contributed by atoms with E-state index in [4.69, 9.17) is 13.3 Å². The predicted molar refractivity (Wildman–Crippen MR) is 14.5 cm³/mol. The minimum atomic E-state index is -2.61. The quantitative estimate of drug-likeness (QED) is 0.298. The van der Waals surface area contributed by atoms with E-state index in [-0.39, 0.29) is 50.5 Å². The monoisotopic (exact) mass is 170 g/mol. The van der Waals surface area contributed by atoms with Crippen LogP contribution in [0.5, 0.6) is 0 Å². The van der Waals surface area contributed by atoms with E-state index in [1.165, 1.54) is 0 Å². The Balaban J connectivity index is -0.0000000150. The molecule has 0 fully saturated rings. The zero-order chi connectivity index (χ0) is 3.58. The molecule has 0 saturated heterocycles. The Labute approximate surface area is 74.5 Å². The van der Waals surface area contributed by atoms with Crippen molar-refractivity contribution < 1.29 is 63.8 Å². The first-order valence-corrected chi connectivity index (χ1v) is 1.60. The summed E-state index contributed by atoms with van der Waals surface area (Å²) in [7, 11) is 0. The third-order valence-corrected chi connectivity index (χ3v) is 0. The van der Waals surface area contributed by atoms with E-state index in [0.29, 0.717) is 0 Å². The van der Waals surface area contributed by atoms with Gasteiger partial charge >= 0.3 is 29.6 Å². The standard InChI is InChI=1S/Na.H2O3S.Zn.H/c;1-4(2)3;;/h;(H2,1,2,3);;/q+1;;;-1. The molecule has 0 heterocycles. The van der Waals surface area contributed by atoms with E-state index in [0.717, 1.165) is 0 Å². The Bertz CT molecular complexity index is 37.9. The fourth-order valence-electron chi connectivity index (χ4n) is 0. The van der Waals surface area contributed by atoms with Crippen molar-refractivity contribution in [3.8, 4) is 0 Å². The van der Waals surface area contributed by atoms with Crippen molar-refractivity contribution >= 4 is 11.4 Å². The van der Waals surface area contributed by atoms with Gasteiger partial charge < -0.3 is 1.43 Å². The van der Waals surface area contributed by atoms with Crippen molar-refractivity contribution in [2.75, 3.05) is 0 Å². The smallest absolute Gasteiger partial charge is 1.00 e.